The number of rotatable bonds is 8. The second kappa shape index (κ2) is 8.24. The van der Waals surface area contributed by atoms with E-state index in [-0.39, 0.29) is 0 Å². The van der Waals surface area contributed by atoms with Crippen molar-refractivity contribution >= 4 is 0 Å². The molecule has 0 fully saturated rings. The van der Waals surface area contributed by atoms with Crippen LogP contribution in [0.1, 0.15) is 11.1 Å². The molecule has 0 saturated heterocycles. The quantitative estimate of drug-likeness (QED) is 0.744. The maximum atomic E-state index is 12.4. The van der Waals surface area contributed by atoms with Gasteiger partial charge in [0.25, 0.3) is 0 Å². The van der Waals surface area contributed by atoms with Gasteiger partial charge in [0, 0.05) is 33.3 Å². The van der Waals surface area contributed by atoms with E-state index in [0.717, 1.165) is 37.3 Å². The van der Waals surface area contributed by atoms with E-state index in [1.54, 1.807) is 7.11 Å². The number of nitrogens with one attached hydrogen (secondary N) is 1. The third-order valence-corrected chi connectivity index (χ3v) is 2.89. The molecule has 1 N–H and O–H groups in total. The van der Waals surface area contributed by atoms with Crippen LogP contribution in [0.4, 0.5) is 13.2 Å². The lowest BCUT2D eigenvalue weighted by molar-refractivity contribution is -0.137. The molecule has 0 aliphatic heterocycles. The molecule has 0 aromatic heterocycles. The molecule has 0 atom stereocenters. The van der Waals surface area contributed by atoms with Crippen LogP contribution in [0.5, 0.6) is 0 Å². The van der Waals surface area contributed by atoms with Crippen molar-refractivity contribution in [1.82, 2.24) is 10.2 Å². The van der Waals surface area contributed by atoms with Crippen molar-refractivity contribution in [2.24, 2.45) is 0 Å². The summed E-state index contributed by atoms with van der Waals surface area (Å²) in [5, 5.41) is 3.22. The molecular weight excluding hydrogens is 269 g/mol. The molecule has 1 aromatic carbocycles. The summed E-state index contributed by atoms with van der Waals surface area (Å²) in [5.41, 5.74) is 0.266. The van der Waals surface area contributed by atoms with Crippen molar-refractivity contribution in [3.05, 3.63) is 35.4 Å². The number of ether oxygens (including phenoxy) is 1. The van der Waals surface area contributed by atoms with Crippen LogP contribution in [0.3, 0.4) is 0 Å². The summed E-state index contributed by atoms with van der Waals surface area (Å²) in [6, 6.07) is 5.30. The third kappa shape index (κ3) is 6.36. The van der Waals surface area contributed by atoms with E-state index >= 15 is 0 Å². The van der Waals surface area contributed by atoms with Gasteiger partial charge in [-0.2, -0.15) is 13.2 Å². The van der Waals surface area contributed by atoms with Crippen molar-refractivity contribution in [1.29, 1.82) is 0 Å². The highest BCUT2D eigenvalue weighted by molar-refractivity contribution is 5.24. The Morgan fingerprint density at radius 1 is 1.15 bits per heavy atom. The highest BCUT2D eigenvalue weighted by Crippen LogP contribution is 2.29. The summed E-state index contributed by atoms with van der Waals surface area (Å²) < 4.78 is 42.2. The molecular formula is C14H21F3N2O. The number of benzene rings is 1. The first-order valence-electron chi connectivity index (χ1n) is 6.48. The third-order valence-electron chi connectivity index (χ3n) is 2.89. The standard InChI is InChI=1S/C14H21F3N2O/c1-19(9-7-18-8-10-20-2)11-12-3-5-13(6-4-12)14(15,16)17/h3-6,18H,7-11H2,1-2H3. The molecule has 1 aromatic rings. The largest absolute Gasteiger partial charge is 0.416 e. The van der Waals surface area contributed by atoms with Crippen LogP contribution in [0, 0.1) is 0 Å². The predicted octanol–water partition coefficient (Wildman–Crippen LogP) is 2.37. The second-order valence-electron chi connectivity index (χ2n) is 4.68. The Labute approximate surface area is 117 Å². The molecule has 0 aliphatic carbocycles. The molecule has 0 saturated carbocycles. The fourth-order valence-electron chi connectivity index (χ4n) is 1.76. The van der Waals surface area contributed by atoms with Gasteiger partial charge in [-0.05, 0) is 24.7 Å². The molecule has 20 heavy (non-hydrogen) atoms. The van der Waals surface area contributed by atoms with Crippen molar-refractivity contribution in [2.75, 3.05) is 40.4 Å². The van der Waals surface area contributed by atoms with Gasteiger partial charge < -0.3 is 15.0 Å². The molecule has 114 valence electrons. The fourth-order valence-corrected chi connectivity index (χ4v) is 1.76. The number of hydrogen-bond acceptors (Lipinski definition) is 3. The minimum atomic E-state index is -4.27. The van der Waals surface area contributed by atoms with E-state index < -0.39 is 11.7 Å². The van der Waals surface area contributed by atoms with E-state index in [0.29, 0.717) is 13.2 Å². The molecule has 0 radical (unpaired) electrons. The average molecular weight is 290 g/mol. The number of likely N-dealkylation sites (N-methyl/N-ethyl adjacent to an activating group) is 1. The highest BCUT2D eigenvalue weighted by Gasteiger charge is 2.29. The van der Waals surface area contributed by atoms with Crippen LogP contribution < -0.4 is 5.32 Å². The molecule has 0 spiro atoms. The van der Waals surface area contributed by atoms with Gasteiger partial charge in [0.15, 0.2) is 0 Å². The monoisotopic (exact) mass is 290 g/mol. The summed E-state index contributed by atoms with van der Waals surface area (Å²) in [4.78, 5) is 2.06. The van der Waals surface area contributed by atoms with Gasteiger partial charge in [-0.15, -0.1) is 0 Å². The lowest BCUT2D eigenvalue weighted by Crippen LogP contribution is -2.30. The molecule has 0 amide bonds. The Bertz CT molecular complexity index is 379. The molecule has 6 heteroatoms. The molecule has 0 aliphatic rings. The Morgan fingerprint density at radius 2 is 1.80 bits per heavy atom. The number of methoxy groups -OCH3 is 1. The van der Waals surface area contributed by atoms with Gasteiger partial charge in [0.1, 0.15) is 0 Å². The number of alkyl halides is 3. The normalized spacial score (nSPS) is 12.1. The lowest BCUT2D eigenvalue weighted by Gasteiger charge is -2.17. The van der Waals surface area contributed by atoms with Crippen molar-refractivity contribution < 1.29 is 17.9 Å². The van der Waals surface area contributed by atoms with Gasteiger partial charge in [0.05, 0.1) is 12.2 Å². The van der Waals surface area contributed by atoms with E-state index in [9.17, 15) is 13.2 Å². The number of halogens is 3. The summed E-state index contributed by atoms with van der Waals surface area (Å²) in [5.74, 6) is 0. The molecule has 1 rings (SSSR count). The predicted molar refractivity (Wildman–Crippen MR) is 72.5 cm³/mol. The SMILES string of the molecule is COCCNCCN(C)Cc1ccc(C(F)(F)F)cc1. The van der Waals surface area contributed by atoms with Crippen LogP contribution in [0.2, 0.25) is 0 Å². The Morgan fingerprint density at radius 3 is 2.35 bits per heavy atom. The minimum Gasteiger partial charge on any atom is -0.383 e. The molecule has 0 bridgehead atoms. The van der Waals surface area contributed by atoms with E-state index in [1.807, 2.05) is 7.05 Å². The average Bonchev–Trinajstić information content (AvgIpc) is 2.38. The maximum Gasteiger partial charge on any atom is 0.416 e. The zero-order valence-corrected chi connectivity index (χ0v) is 11.8. The van der Waals surface area contributed by atoms with Crippen LogP contribution in [0.15, 0.2) is 24.3 Å². The van der Waals surface area contributed by atoms with Crippen LogP contribution in [-0.4, -0.2) is 45.3 Å². The smallest absolute Gasteiger partial charge is 0.383 e. The van der Waals surface area contributed by atoms with Crippen molar-refractivity contribution in [2.45, 2.75) is 12.7 Å². The van der Waals surface area contributed by atoms with E-state index in [2.05, 4.69) is 10.2 Å². The Kier molecular flexibility index (Phi) is 6.98. The molecule has 0 unspecified atom stereocenters. The maximum absolute atomic E-state index is 12.4. The first kappa shape index (κ1) is 16.9. The van der Waals surface area contributed by atoms with Gasteiger partial charge in [-0.1, -0.05) is 12.1 Å². The zero-order valence-electron chi connectivity index (χ0n) is 11.8. The van der Waals surface area contributed by atoms with Crippen molar-refractivity contribution in [3.8, 4) is 0 Å². The summed E-state index contributed by atoms with van der Waals surface area (Å²) in [6.45, 7) is 3.74. The van der Waals surface area contributed by atoms with Gasteiger partial charge >= 0.3 is 6.18 Å². The Balaban J connectivity index is 2.33. The molecule has 0 heterocycles. The summed E-state index contributed by atoms with van der Waals surface area (Å²) in [6.07, 6.45) is -4.27. The van der Waals surface area contributed by atoms with Gasteiger partial charge in [-0.3, -0.25) is 0 Å². The highest BCUT2D eigenvalue weighted by atomic mass is 19.4. The van der Waals surface area contributed by atoms with Crippen molar-refractivity contribution in [3.63, 3.8) is 0 Å². The van der Waals surface area contributed by atoms with Gasteiger partial charge in [0.2, 0.25) is 0 Å². The second-order valence-corrected chi connectivity index (χ2v) is 4.68. The summed E-state index contributed by atoms with van der Waals surface area (Å²) in [7, 11) is 3.59. The fraction of sp³-hybridized carbons (Fsp3) is 0.571. The van der Waals surface area contributed by atoms with E-state index in [4.69, 9.17) is 4.74 Å². The zero-order chi connectivity index (χ0) is 15.0. The first-order chi connectivity index (χ1) is 9.43. The topological polar surface area (TPSA) is 24.5 Å². The Hall–Kier alpha value is -1.11. The van der Waals surface area contributed by atoms with Crippen LogP contribution >= 0.6 is 0 Å². The van der Waals surface area contributed by atoms with E-state index in [1.165, 1.54) is 12.1 Å². The lowest BCUT2D eigenvalue weighted by atomic mass is 10.1. The molecule has 3 nitrogen and oxygen atoms in total. The minimum absolute atomic E-state index is 0.606. The van der Waals surface area contributed by atoms with Crippen LogP contribution in [-0.2, 0) is 17.5 Å². The number of hydrogen-bond donors (Lipinski definition) is 1. The first-order valence-corrected chi connectivity index (χ1v) is 6.48. The van der Waals surface area contributed by atoms with Gasteiger partial charge in [-0.25, -0.2) is 0 Å². The van der Waals surface area contributed by atoms with Crippen LogP contribution in [0.25, 0.3) is 0 Å². The number of nitrogens with zero attached hydrogens (tertiary/aromatic N) is 1. The summed E-state index contributed by atoms with van der Waals surface area (Å²) >= 11 is 0.